The molecule has 0 atom stereocenters. The summed E-state index contributed by atoms with van der Waals surface area (Å²) in [6, 6.07) is -0.208. The number of nitrogens with zero attached hydrogens (tertiary/aromatic N) is 3. The van der Waals surface area contributed by atoms with Gasteiger partial charge in [-0.2, -0.15) is 0 Å². The summed E-state index contributed by atoms with van der Waals surface area (Å²) in [5, 5.41) is 2.72. The van der Waals surface area contributed by atoms with Crippen LogP contribution < -0.4 is 5.32 Å². The molecule has 0 saturated carbocycles. The van der Waals surface area contributed by atoms with Crippen LogP contribution in [0.3, 0.4) is 0 Å². The molecular formula is C10H16N4O2. The maximum absolute atomic E-state index is 11.7. The first-order chi connectivity index (χ1) is 7.50. The lowest BCUT2D eigenvalue weighted by molar-refractivity contribution is -0.121. The first kappa shape index (κ1) is 12.2. The molecule has 0 spiro atoms. The molecule has 1 N–H and O–H groups in total. The highest BCUT2D eigenvalue weighted by Crippen LogP contribution is 1.93. The molecule has 6 nitrogen and oxygen atoms in total. The van der Waals surface area contributed by atoms with Crippen molar-refractivity contribution in [3.8, 4) is 0 Å². The fraction of sp³-hybridized carbons (Fsp3) is 0.500. The highest BCUT2D eigenvalue weighted by Gasteiger charge is 2.14. The lowest BCUT2D eigenvalue weighted by Gasteiger charge is -2.17. The monoisotopic (exact) mass is 224 g/mol. The van der Waals surface area contributed by atoms with Gasteiger partial charge in [-0.05, 0) is 13.8 Å². The molecule has 0 aliphatic carbocycles. The topological polar surface area (TPSA) is 67.2 Å². The van der Waals surface area contributed by atoms with Gasteiger partial charge >= 0.3 is 6.03 Å². The molecule has 0 radical (unpaired) electrons. The molecule has 1 aromatic heterocycles. The largest absolute Gasteiger partial charge is 0.352 e. The van der Waals surface area contributed by atoms with Gasteiger partial charge in [-0.3, -0.25) is 9.36 Å². The highest BCUT2D eigenvalue weighted by molar-refractivity contribution is 5.84. The average Bonchev–Trinajstić information content (AvgIpc) is 2.67. The van der Waals surface area contributed by atoms with Crippen molar-refractivity contribution in [2.24, 2.45) is 0 Å². The van der Waals surface area contributed by atoms with E-state index in [-0.39, 0.29) is 24.5 Å². The van der Waals surface area contributed by atoms with Crippen LogP contribution in [0.5, 0.6) is 0 Å². The van der Waals surface area contributed by atoms with Crippen LogP contribution in [0, 0.1) is 0 Å². The van der Waals surface area contributed by atoms with Gasteiger partial charge in [-0.15, -0.1) is 0 Å². The smallest absolute Gasteiger partial charge is 0.329 e. The number of likely N-dealkylation sites (N-methyl/N-ethyl adjacent to an activating group) is 1. The van der Waals surface area contributed by atoms with Gasteiger partial charge in [0, 0.05) is 25.5 Å². The van der Waals surface area contributed by atoms with Crippen LogP contribution in [-0.4, -0.2) is 46.0 Å². The van der Waals surface area contributed by atoms with Crippen LogP contribution in [-0.2, 0) is 4.79 Å². The Balaban J connectivity index is 2.49. The van der Waals surface area contributed by atoms with Crippen molar-refractivity contribution in [2.45, 2.75) is 19.9 Å². The van der Waals surface area contributed by atoms with E-state index in [2.05, 4.69) is 10.3 Å². The van der Waals surface area contributed by atoms with E-state index in [9.17, 15) is 9.59 Å². The van der Waals surface area contributed by atoms with Crippen LogP contribution in [0.1, 0.15) is 13.8 Å². The second-order valence-corrected chi connectivity index (χ2v) is 3.83. The van der Waals surface area contributed by atoms with Gasteiger partial charge in [-0.25, -0.2) is 9.78 Å². The second-order valence-electron chi connectivity index (χ2n) is 3.83. The van der Waals surface area contributed by atoms with Crippen LogP contribution in [0.15, 0.2) is 18.7 Å². The predicted octanol–water partition coefficient (Wildman–Crippen LogP) is 0.308. The van der Waals surface area contributed by atoms with E-state index < -0.39 is 0 Å². The maximum atomic E-state index is 11.7. The number of rotatable bonds is 3. The first-order valence-corrected chi connectivity index (χ1v) is 5.03. The van der Waals surface area contributed by atoms with Crippen LogP contribution in [0.4, 0.5) is 4.79 Å². The fourth-order valence-electron chi connectivity index (χ4n) is 1.22. The molecule has 0 aliphatic rings. The zero-order valence-corrected chi connectivity index (χ0v) is 9.67. The summed E-state index contributed by atoms with van der Waals surface area (Å²) in [7, 11) is 1.57. The van der Waals surface area contributed by atoms with Gasteiger partial charge in [0.1, 0.15) is 12.9 Å². The zero-order chi connectivity index (χ0) is 12.1. The summed E-state index contributed by atoms with van der Waals surface area (Å²) in [5.41, 5.74) is 0. The Kier molecular flexibility index (Phi) is 4.04. The van der Waals surface area contributed by atoms with Gasteiger partial charge in [-0.1, -0.05) is 0 Å². The number of hydrogen-bond donors (Lipinski definition) is 1. The number of aromatic nitrogens is 2. The van der Waals surface area contributed by atoms with E-state index in [4.69, 9.17) is 0 Å². The van der Waals surface area contributed by atoms with E-state index in [1.54, 1.807) is 13.2 Å². The molecule has 0 saturated heterocycles. The Hall–Kier alpha value is -1.85. The SMILES string of the molecule is CC(C)NC(=O)CN(C)C(=O)n1ccnc1. The van der Waals surface area contributed by atoms with Crippen LogP contribution in [0.2, 0.25) is 0 Å². The normalized spacial score (nSPS) is 10.2. The van der Waals surface area contributed by atoms with E-state index in [0.717, 1.165) is 0 Å². The Labute approximate surface area is 94.3 Å². The van der Waals surface area contributed by atoms with Crippen molar-refractivity contribution in [2.75, 3.05) is 13.6 Å². The second kappa shape index (κ2) is 5.29. The van der Waals surface area contributed by atoms with Crippen molar-refractivity contribution in [3.63, 3.8) is 0 Å². The summed E-state index contributed by atoms with van der Waals surface area (Å²) in [5.74, 6) is -0.175. The summed E-state index contributed by atoms with van der Waals surface area (Å²) in [6.07, 6.45) is 4.46. The average molecular weight is 224 g/mol. The number of imidazole rings is 1. The van der Waals surface area contributed by atoms with Crippen molar-refractivity contribution >= 4 is 11.9 Å². The first-order valence-electron chi connectivity index (χ1n) is 5.03. The van der Waals surface area contributed by atoms with Crippen LogP contribution >= 0.6 is 0 Å². The van der Waals surface area contributed by atoms with Gasteiger partial charge < -0.3 is 10.2 Å². The minimum absolute atomic E-state index is 0.0369. The van der Waals surface area contributed by atoms with Crippen molar-refractivity contribution in [1.82, 2.24) is 19.8 Å². The van der Waals surface area contributed by atoms with E-state index in [1.807, 2.05) is 13.8 Å². The minimum Gasteiger partial charge on any atom is -0.352 e. The van der Waals surface area contributed by atoms with Crippen LogP contribution in [0.25, 0.3) is 0 Å². The number of carbonyl (C=O) groups is 2. The molecule has 6 heteroatoms. The maximum Gasteiger partial charge on any atom is 0.329 e. The van der Waals surface area contributed by atoms with Crippen molar-refractivity contribution in [1.29, 1.82) is 0 Å². The molecule has 0 fully saturated rings. The van der Waals surface area contributed by atoms with Gasteiger partial charge in [0.25, 0.3) is 0 Å². The number of amides is 2. The predicted molar refractivity (Wildman–Crippen MR) is 58.9 cm³/mol. The molecule has 0 aliphatic heterocycles. The molecule has 88 valence electrons. The molecule has 16 heavy (non-hydrogen) atoms. The van der Waals surface area contributed by atoms with Gasteiger partial charge in [0.05, 0.1) is 0 Å². The van der Waals surface area contributed by atoms with Crippen molar-refractivity contribution in [3.05, 3.63) is 18.7 Å². The Morgan fingerprint density at radius 1 is 1.50 bits per heavy atom. The van der Waals surface area contributed by atoms with E-state index in [0.29, 0.717) is 0 Å². The number of nitrogens with one attached hydrogen (secondary N) is 1. The molecule has 0 unspecified atom stereocenters. The summed E-state index contributed by atoms with van der Waals surface area (Å²) < 4.78 is 1.32. The molecule has 0 bridgehead atoms. The summed E-state index contributed by atoms with van der Waals surface area (Å²) >= 11 is 0. The summed E-state index contributed by atoms with van der Waals surface area (Å²) in [6.45, 7) is 3.78. The lowest BCUT2D eigenvalue weighted by atomic mass is 10.4. The molecule has 1 rings (SSSR count). The third-order valence-electron chi connectivity index (χ3n) is 1.88. The molecule has 1 aromatic rings. The molecule has 2 amide bonds. The summed E-state index contributed by atoms with van der Waals surface area (Å²) in [4.78, 5) is 28.2. The zero-order valence-electron chi connectivity index (χ0n) is 9.67. The standard InChI is InChI=1S/C10H16N4O2/c1-8(2)12-9(15)6-13(3)10(16)14-5-4-11-7-14/h4-5,7-8H,6H2,1-3H3,(H,12,15). The lowest BCUT2D eigenvalue weighted by Crippen LogP contribution is -2.42. The van der Waals surface area contributed by atoms with Crippen molar-refractivity contribution < 1.29 is 9.59 Å². The Bertz CT molecular complexity index is 359. The number of hydrogen-bond acceptors (Lipinski definition) is 3. The third-order valence-corrected chi connectivity index (χ3v) is 1.88. The minimum atomic E-state index is -0.281. The fourth-order valence-corrected chi connectivity index (χ4v) is 1.22. The highest BCUT2D eigenvalue weighted by atomic mass is 16.2. The quantitative estimate of drug-likeness (QED) is 0.803. The number of carbonyl (C=O) groups excluding carboxylic acids is 2. The van der Waals surface area contributed by atoms with Gasteiger partial charge in [0.2, 0.25) is 5.91 Å². The van der Waals surface area contributed by atoms with Gasteiger partial charge in [0.15, 0.2) is 0 Å². The molecule has 0 aromatic carbocycles. The third kappa shape index (κ3) is 3.38. The van der Waals surface area contributed by atoms with E-state index >= 15 is 0 Å². The van der Waals surface area contributed by atoms with E-state index in [1.165, 1.54) is 22.0 Å². The molecular weight excluding hydrogens is 208 g/mol. The Morgan fingerprint density at radius 3 is 2.69 bits per heavy atom. The molecule has 1 heterocycles. The Morgan fingerprint density at radius 2 is 2.19 bits per heavy atom.